The molecule has 8 nitrogen and oxygen atoms in total. The van der Waals surface area contributed by atoms with Crippen LogP contribution in [0, 0.1) is 17.8 Å². The van der Waals surface area contributed by atoms with Crippen molar-refractivity contribution < 1.29 is 37.7 Å². The van der Waals surface area contributed by atoms with Gasteiger partial charge in [-0.15, -0.1) is 0 Å². The van der Waals surface area contributed by atoms with Gasteiger partial charge in [0.25, 0.3) is 0 Å². The van der Waals surface area contributed by atoms with Crippen molar-refractivity contribution in [1.82, 2.24) is 0 Å². The summed E-state index contributed by atoms with van der Waals surface area (Å²) < 4.78 is 25.7. The highest BCUT2D eigenvalue weighted by molar-refractivity contribution is 6.13. The Morgan fingerprint density at radius 1 is 1.07 bits per heavy atom. The molecule has 4 aliphatic carbocycles. The molecule has 8 heteroatoms. The molecule has 30 heavy (non-hydrogen) atoms. The van der Waals surface area contributed by atoms with Crippen LogP contribution >= 0.6 is 0 Å². The third-order valence-corrected chi connectivity index (χ3v) is 6.20. The highest BCUT2D eigenvalue weighted by atomic mass is 16.7. The van der Waals surface area contributed by atoms with E-state index in [1.807, 2.05) is 0 Å². The summed E-state index contributed by atoms with van der Waals surface area (Å²) in [5.41, 5.74) is -1.00. The minimum atomic E-state index is -0.979. The van der Waals surface area contributed by atoms with Crippen LogP contribution in [0.2, 0.25) is 0 Å². The molecular weight excluding hydrogens is 392 g/mol. The number of carbonyl (C=O) groups excluding carboxylic acids is 3. The Morgan fingerprint density at radius 3 is 2.27 bits per heavy atom. The Hall–Kier alpha value is -2.77. The van der Waals surface area contributed by atoms with Crippen LogP contribution in [0.25, 0.3) is 0 Å². The lowest BCUT2D eigenvalue weighted by Gasteiger charge is -2.55. The van der Waals surface area contributed by atoms with E-state index in [0.717, 1.165) is 25.5 Å². The maximum absolute atomic E-state index is 12.4. The molecule has 0 radical (unpaired) electrons. The Morgan fingerprint density at radius 2 is 1.70 bits per heavy atom. The van der Waals surface area contributed by atoms with Gasteiger partial charge in [0.2, 0.25) is 0 Å². The van der Waals surface area contributed by atoms with Crippen molar-refractivity contribution in [3.05, 3.63) is 36.0 Å². The molecule has 0 unspecified atom stereocenters. The van der Waals surface area contributed by atoms with Crippen LogP contribution in [0.4, 0.5) is 4.79 Å². The Balaban J connectivity index is 1.38. The van der Waals surface area contributed by atoms with Gasteiger partial charge in [-0.2, -0.15) is 0 Å². The first kappa shape index (κ1) is 20.5. The quantitative estimate of drug-likeness (QED) is 0.164. The molecule has 162 valence electrons. The van der Waals surface area contributed by atoms with Crippen molar-refractivity contribution >= 4 is 18.1 Å². The highest BCUT2D eigenvalue weighted by Gasteiger charge is 2.53. The first-order chi connectivity index (χ1) is 14.5. The fraction of sp³-hybridized carbons (Fsp3) is 0.591. The van der Waals surface area contributed by atoms with E-state index in [1.165, 1.54) is 25.5 Å². The fourth-order valence-corrected chi connectivity index (χ4v) is 5.46. The predicted octanol–water partition coefficient (Wildman–Crippen LogP) is 3.89. The number of furan rings is 1. The molecule has 4 saturated carbocycles. The molecule has 4 fully saturated rings. The van der Waals surface area contributed by atoms with Crippen LogP contribution in [0.15, 0.2) is 34.6 Å². The summed E-state index contributed by atoms with van der Waals surface area (Å²) in [6.45, 7) is 1.49. The summed E-state index contributed by atoms with van der Waals surface area (Å²) in [7, 11) is 0. The average molecular weight is 418 g/mol. The third kappa shape index (κ3) is 4.52. The minimum Gasteiger partial charge on any atom is -0.466 e. The summed E-state index contributed by atoms with van der Waals surface area (Å²) >= 11 is 0. The molecule has 0 spiro atoms. The van der Waals surface area contributed by atoms with Crippen LogP contribution in [0.1, 0.15) is 51.2 Å². The maximum Gasteiger partial charge on any atom is 0.513 e. The maximum atomic E-state index is 12.4. The molecule has 0 amide bonds. The van der Waals surface area contributed by atoms with E-state index < -0.39 is 29.3 Å². The molecule has 0 saturated heterocycles. The summed E-state index contributed by atoms with van der Waals surface area (Å²) in [4.78, 5) is 36.8. The van der Waals surface area contributed by atoms with Gasteiger partial charge in [0.15, 0.2) is 5.57 Å². The van der Waals surface area contributed by atoms with Gasteiger partial charge in [-0.05, 0) is 75.3 Å². The highest BCUT2D eigenvalue weighted by Crippen LogP contribution is 2.57. The van der Waals surface area contributed by atoms with E-state index in [-0.39, 0.29) is 13.2 Å². The standard InChI is InChI=1S/C22H26O8/c1-2-26-19(23)18(20(24)28-12-17-4-3-5-27-17)13-29-21(25)30-22-9-14-6-15(10-22)8-16(7-14)11-22/h3-5,13-16H,2,6-12H2,1H3. The van der Waals surface area contributed by atoms with E-state index in [1.54, 1.807) is 19.1 Å². The molecule has 4 bridgehead atoms. The number of ether oxygens (including phenoxy) is 4. The lowest BCUT2D eigenvalue weighted by molar-refractivity contribution is -0.148. The van der Waals surface area contributed by atoms with Gasteiger partial charge < -0.3 is 23.4 Å². The summed E-state index contributed by atoms with van der Waals surface area (Å²) in [5, 5.41) is 0. The Kier molecular flexibility index (Phi) is 5.83. The smallest absolute Gasteiger partial charge is 0.466 e. The largest absolute Gasteiger partial charge is 0.513 e. The van der Waals surface area contributed by atoms with Crippen LogP contribution in [0.5, 0.6) is 0 Å². The second-order valence-electron chi connectivity index (χ2n) is 8.48. The van der Waals surface area contributed by atoms with Crippen molar-refractivity contribution in [2.45, 2.75) is 57.7 Å². The SMILES string of the molecule is CCOC(=O)C(=COC(=O)OC12CC3CC(CC(C3)C1)C2)C(=O)OCc1ccco1. The number of hydrogen-bond acceptors (Lipinski definition) is 8. The van der Waals surface area contributed by atoms with Crippen LogP contribution < -0.4 is 0 Å². The van der Waals surface area contributed by atoms with Gasteiger partial charge in [-0.3, -0.25) is 0 Å². The molecule has 4 aliphatic rings. The molecule has 0 atom stereocenters. The topological polar surface area (TPSA) is 101 Å². The zero-order chi connectivity index (χ0) is 21.1. The molecule has 1 aromatic rings. The monoisotopic (exact) mass is 418 g/mol. The van der Waals surface area contributed by atoms with Crippen molar-refractivity contribution in [3.63, 3.8) is 0 Å². The van der Waals surface area contributed by atoms with E-state index in [4.69, 9.17) is 23.4 Å². The van der Waals surface area contributed by atoms with Crippen LogP contribution in [-0.2, 0) is 35.1 Å². The second-order valence-corrected chi connectivity index (χ2v) is 8.48. The number of rotatable bonds is 7. The van der Waals surface area contributed by atoms with Crippen molar-refractivity contribution in [1.29, 1.82) is 0 Å². The molecular formula is C22H26O8. The Labute approximate surface area is 174 Å². The second kappa shape index (κ2) is 8.53. The van der Waals surface area contributed by atoms with E-state index >= 15 is 0 Å². The predicted molar refractivity (Wildman–Crippen MR) is 102 cm³/mol. The van der Waals surface area contributed by atoms with Gasteiger partial charge in [-0.25, -0.2) is 14.4 Å². The van der Waals surface area contributed by atoms with Gasteiger partial charge in [0.05, 0.1) is 12.9 Å². The summed E-state index contributed by atoms with van der Waals surface area (Å²) in [6.07, 6.45) is 7.48. The summed E-state index contributed by atoms with van der Waals surface area (Å²) in [6, 6.07) is 3.27. The van der Waals surface area contributed by atoms with Crippen molar-refractivity contribution in [2.75, 3.05) is 6.61 Å². The van der Waals surface area contributed by atoms with Gasteiger partial charge in [-0.1, -0.05) is 0 Å². The van der Waals surface area contributed by atoms with E-state index in [9.17, 15) is 14.4 Å². The van der Waals surface area contributed by atoms with Crippen LogP contribution in [0.3, 0.4) is 0 Å². The zero-order valence-electron chi connectivity index (χ0n) is 17.0. The number of esters is 2. The van der Waals surface area contributed by atoms with Gasteiger partial charge >= 0.3 is 18.1 Å². The molecule has 0 N–H and O–H groups in total. The van der Waals surface area contributed by atoms with Crippen molar-refractivity contribution in [3.8, 4) is 0 Å². The molecule has 1 heterocycles. The van der Waals surface area contributed by atoms with Crippen LogP contribution in [-0.4, -0.2) is 30.3 Å². The van der Waals surface area contributed by atoms with Crippen molar-refractivity contribution in [2.24, 2.45) is 17.8 Å². The Bertz CT molecular complexity index is 787. The lowest BCUT2D eigenvalue weighted by Crippen LogP contribution is -2.52. The number of carbonyl (C=O) groups is 3. The lowest BCUT2D eigenvalue weighted by atomic mass is 9.54. The van der Waals surface area contributed by atoms with E-state index in [2.05, 4.69) is 0 Å². The van der Waals surface area contributed by atoms with Gasteiger partial charge in [0.1, 0.15) is 24.2 Å². The van der Waals surface area contributed by atoms with Gasteiger partial charge in [0, 0.05) is 0 Å². The zero-order valence-corrected chi connectivity index (χ0v) is 17.0. The molecule has 0 aliphatic heterocycles. The molecule has 5 rings (SSSR count). The first-order valence-electron chi connectivity index (χ1n) is 10.4. The first-order valence-corrected chi connectivity index (χ1v) is 10.4. The third-order valence-electron chi connectivity index (χ3n) is 6.20. The minimum absolute atomic E-state index is 0.0549. The molecule has 1 aromatic heterocycles. The number of hydrogen-bond donors (Lipinski definition) is 0. The normalized spacial score (nSPS) is 29.4. The average Bonchev–Trinajstić information content (AvgIpc) is 3.19. The fourth-order valence-electron chi connectivity index (χ4n) is 5.46. The summed E-state index contributed by atoms with van der Waals surface area (Å²) in [5.74, 6) is 0.300. The molecule has 0 aromatic carbocycles. The van der Waals surface area contributed by atoms with E-state index in [0.29, 0.717) is 23.5 Å².